The summed E-state index contributed by atoms with van der Waals surface area (Å²) in [6.07, 6.45) is 3.30. The van der Waals surface area contributed by atoms with E-state index in [2.05, 4.69) is 4.98 Å². The van der Waals surface area contributed by atoms with Gasteiger partial charge in [0.25, 0.3) is 10.0 Å². The number of fused-ring (bicyclic) bond motifs is 1. The van der Waals surface area contributed by atoms with Crippen LogP contribution in [0.2, 0.25) is 0 Å². The van der Waals surface area contributed by atoms with Crippen molar-refractivity contribution < 1.29 is 17.7 Å². The third-order valence-corrected chi connectivity index (χ3v) is 7.54. The second-order valence-electron chi connectivity index (χ2n) is 8.67. The van der Waals surface area contributed by atoms with Gasteiger partial charge in [0.15, 0.2) is 0 Å². The van der Waals surface area contributed by atoms with Gasteiger partial charge >= 0.3 is 7.12 Å². The Balaban J connectivity index is 1.91. The average Bonchev–Trinajstić information content (AvgIpc) is 3.09. The summed E-state index contributed by atoms with van der Waals surface area (Å²) < 4.78 is 40.4. The van der Waals surface area contributed by atoms with E-state index in [0.717, 1.165) is 11.1 Å². The lowest BCUT2D eigenvalue weighted by Gasteiger charge is -2.32. The van der Waals surface area contributed by atoms with Crippen LogP contribution in [0.25, 0.3) is 11.0 Å². The molecule has 0 saturated carbocycles. The molecule has 0 bridgehead atoms. The number of benzene rings is 1. The monoisotopic (exact) mass is 412 g/mol. The number of nitrogens with zero attached hydrogens (tertiary/aromatic N) is 2. The van der Waals surface area contributed by atoms with Gasteiger partial charge in [0.2, 0.25) is 0 Å². The molecule has 4 rings (SSSR count). The Bertz CT molecular complexity index is 1180. The van der Waals surface area contributed by atoms with Crippen molar-refractivity contribution >= 4 is 33.6 Å². The van der Waals surface area contributed by atoms with Crippen molar-refractivity contribution in [2.75, 3.05) is 0 Å². The number of pyridine rings is 1. The number of hydrogen-bond acceptors (Lipinski definition) is 5. The van der Waals surface area contributed by atoms with Crippen molar-refractivity contribution in [3.63, 3.8) is 0 Å². The van der Waals surface area contributed by atoms with Crippen LogP contribution in [-0.4, -0.2) is 35.7 Å². The molecule has 3 heterocycles. The van der Waals surface area contributed by atoms with Crippen LogP contribution in [0, 0.1) is 13.8 Å². The van der Waals surface area contributed by atoms with E-state index in [0.29, 0.717) is 16.5 Å². The third-order valence-electron chi connectivity index (χ3n) is 5.86. The molecule has 0 spiro atoms. The summed E-state index contributed by atoms with van der Waals surface area (Å²) in [5, 5.41) is 0. The minimum absolute atomic E-state index is 0.224. The third kappa shape index (κ3) is 3.19. The van der Waals surface area contributed by atoms with Crippen molar-refractivity contribution in [3.05, 3.63) is 53.9 Å². The molecule has 152 valence electrons. The van der Waals surface area contributed by atoms with Crippen molar-refractivity contribution in [1.82, 2.24) is 8.96 Å². The lowest BCUT2D eigenvalue weighted by atomic mass is 9.80. The molecule has 29 heavy (non-hydrogen) atoms. The first-order chi connectivity index (χ1) is 13.4. The molecule has 0 atom stereocenters. The molecule has 6 nitrogen and oxygen atoms in total. The van der Waals surface area contributed by atoms with Gasteiger partial charge in [0.1, 0.15) is 0 Å². The summed E-state index contributed by atoms with van der Waals surface area (Å²) >= 11 is 0. The Kier molecular flexibility index (Phi) is 4.46. The van der Waals surface area contributed by atoms with Gasteiger partial charge in [-0.15, -0.1) is 0 Å². The molecule has 1 aromatic carbocycles. The number of hydrogen-bond donors (Lipinski definition) is 0. The van der Waals surface area contributed by atoms with E-state index in [-0.39, 0.29) is 4.90 Å². The molecule has 2 aromatic heterocycles. The van der Waals surface area contributed by atoms with Crippen LogP contribution in [-0.2, 0) is 19.3 Å². The smallest absolute Gasteiger partial charge is 0.399 e. The standard InChI is InChI=1S/C21H25BN2O4S/c1-14-7-9-16(10-8-14)29(25,26)24-13-17(19-18(24)11-15(2)12-23-19)22-27-20(3,4)21(5,6)28-22/h7-13H,1-6H3. The topological polar surface area (TPSA) is 70.4 Å². The van der Waals surface area contributed by atoms with Gasteiger partial charge < -0.3 is 9.31 Å². The fraction of sp³-hybridized carbons (Fsp3) is 0.381. The first kappa shape index (κ1) is 20.1. The fourth-order valence-corrected chi connectivity index (χ4v) is 4.72. The van der Waals surface area contributed by atoms with Crippen molar-refractivity contribution in [2.24, 2.45) is 0 Å². The van der Waals surface area contributed by atoms with Gasteiger partial charge in [0.05, 0.1) is 27.1 Å². The maximum atomic E-state index is 13.4. The van der Waals surface area contributed by atoms with Crippen LogP contribution in [0.1, 0.15) is 38.8 Å². The molecule has 0 aliphatic carbocycles. The summed E-state index contributed by atoms with van der Waals surface area (Å²) in [6.45, 7) is 11.7. The minimum Gasteiger partial charge on any atom is -0.399 e. The maximum Gasteiger partial charge on any atom is 0.498 e. The molecule has 1 saturated heterocycles. The SMILES string of the molecule is Cc1ccc(S(=O)(=O)n2cc(B3OC(C)(C)C(C)(C)O3)c3ncc(C)cc32)cc1. The highest BCUT2D eigenvalue weighted by Gasteiger charge is 2.52. The molecule has 0 amide bonds. The van der Waals surface area contributed by atoms with Crippen LogP contribution in [0.4, 0.5) is 0 Å². The number of aryl methyl sites for hydroxylation is 2. The van der Waals surface area contributed by atoms with E-state index in [1.54, 1.807) is 36.7 Å². The fourth-order valence-electron chi connectivity index (χ4n) is 3.37. The highest BCUT2D eigenvalue weighted by Crippen LogP contribution is 2.37. The van der Waals surface area contributed by atoms with Crippen LogP contribution < -0.4 is 5.46 Å². The molecule has 1 aliphatic rings. The first-order valence-corrected chi connectivity index (χ1v) is 11.0. The predicted octanol–water partition coefficient (Wildman–Crippen LogP) is 3.19. The van der Waals surface area contributed by atoms with E-state index in [1.165, 1.54) is 3.97 Å². The molecular formula is C21H25BN2O4S. The quantitative estimate of drug-likeness (QED) is 0.618. The molecule has 8 heteroatoms. The Morgan fingerprint density at radius 2 is 1.55 bits per heavy atom. The molecule has 1 aliphatic heterocycles. The number of rotatable bonds is 3. The summed E-state index contributed by atoms with van der Waals surface area (Å²) in [4.78, 5) is 4.74. The lowest BCUT2D eigenvalue weighted by Crippen LogP contribution is -2.41. The van der Waals surface area contributed by atoms with E-state index < -0.39 is 28.3 Å². The van der Waals surface area contributed by atoms with Crippen molar-refractivity contribution in [1.29, 1.82) is 0 Å². The van der Waals surface area contributed by atoms with Crippen molar-refractivity contribution in [3.8, 4) is 0 Å². The second-order valence-corrected chi connectivity index (χ2v) is 10.5. The Morgan fingerprint density at radius 1 is 0.966 bits per heavy atom. The molecule has 3 aromatic rings. The number of aromatic nitrogens is 2. The summed E-state index contributed by atoms with van der Waals surface area (Å²) in [5.41, 5.74) is 2.47. The maximum absolute atomic E-state index is 13.4. The van der Waals surface area contributed by atoms with Crippen LogP contribution in [0.3, 0.4) is 0 Å². The Hall–Kier alpha value is -2.16. The highest BCUT2D eigenvalue weighted by molar-refractivity contribution is 7.90. The first-order valence-electron chi connectivity index (χ1n) is 9.58. The lowest BCUT2D eigenvalue weighted by molar-refractivity contribution is 0.00578. The Morgan fingerprint density at radius 3 is 2.14 bits per heavy atom. The van der Waals surface area contributed by atoms with Gasteiger partial charge in [-0.25, -0.2) is 12.4 Å². The molecule has 0 unspecified atom stereocenters. The van der Waals surface area contributed by atoms with E-state index in [1.807, 2.05) is 47.6 Å². The highest BCUT2D eigenvalue weighted by atomic mass is 32.2. The molecular weight excluding hydrogens is 387 g/mol. The molecule has 1 fully saturated rings. The zero-order chi connectivity index (χ0) is 21.2. The van der Waals surface area contributed by atoms with Gasteiger partial charge in [-0.3, -0.25) is 4.98 Å². The second kappa shape index (κ2) is 6.42. The van der Waals surface area contributed by atoms with Gasteiger partial charge in [0, 0.05) is 17.9 Å². The van der Waals surface area contributed by atoms with E-state index >= 15 is 0 Å². The van der Waals surface area contributed by atoms with Crippen molar-refractivity contribution in [2.45, 2.75) is 57.6 Å². The average molecular weight is 412 g/mol. The van der Waals surface area contributed by atoms with E-state index in [9.17, 15) is 8.42 Å². The minimum atomic E-state index is -3.80. The molecule has 0 N–H and O–H groups in total. The summed E-state index contributed by atoms with van der Waals surface area (Å²) in [5.74, 6) is 0. The largest absolute Gasteiger partial charge is 0.498 e. The van der Waals surface area contributed by atoms with Crippen LogP contribution >= 0.6 is 0 Å². The van der Waals surface area contributed by atoms with Gasteiger partial charge in [-0.1, -0.05) is 17.7 Å². The Labute approximate surface area is 172 Å². The van der Waals surface area contributed by atoms with Gasteiger partial charge in [-0.2, -0.15) is 0 Å². The van der Waals surface area contributed by atoms with E-state index in [4.69, 9.17) is 9.31 Å². The van der Waals surface area contributed by atoms with Crippen LogP contribution in [0.15, 0.2) is 47.6 Å². The normalized spacial score (nSPS) is 18.5. The summed E-state index contributed by atoms with van der Waals surface area (Å²) in [7, 11) is -4.50. The summed E-state index contributed by atoms with van der Waals surface area (Å²) in [6, 6.07) is 8.64. The predicted molar refractivity (Wildman–Crippen MR) is 114 cm³/mol. The van der Waals surface area contributed by atoms with Gasteiger partial charge in [-0.05, 0) is 65.3 Å². The zero-order valence-electron chi connectivity index (χ0n) is 17.6. The van der Waals surface area contributed by atoms with Crippen LogP contribution in [0.5, 0.6) is 0 Å². The zero-order valence-corrected chi connectivity index (χ0v) is 18.4. The molecule has 0 radical (unpaired) electrons.